The summed E-state index contributed by atoms with van der Waals surface area (Å²) in [5, 5.41) is 19.7. The van der Waals surface area contributed by atoms with Crippen molar-refractivity contribution in [2.45, 2.75) is 43.6 Å². The van der Waals surface area contributed by atoms with Crippen LogP contribution in [0.2, 0.25) is 0 Å². The molecule has 0 spiro atoms. The number of allylic oxidation sites excluding steroid dienone is 1. The minimum atomic E-state index is -0.869. The summed E-state index contributed by atoms with van der Waals surface area (Å²) < 4.78 is 0. The standard InChI is InChI=1S/C17H20O3/c1-2-7-17-10-16(20)15(19)9-12(17)4-3-11-8-13(18)5-6-14(11)17/h2,5-6,8,12,16,18,20H,1,3-4,7,9-10H2. The van der Waals surface area contributed by atoms with E-state index in [9.17, 15) is 15.0 Å². The average Bonchev–Trinajstić information content (AvgIpc) is 2.41. The highest BCUT2D eigenvalue weighted by Crippen LogP contribution is 2.52. The lowest BCUT2D eigenvalue weighted by Gasteiger charge is -2.49. The summed E-state index contributed by atoms with van der Waals surface area (Å²) in [6.07, 6.45) is 4.53. The van der Waals surface area contributed by atoms with E-state index < -0.39 is 6.10 Å². The molecule has 3 heteroatoms. The van der Waals surface area contributed by atoms with Gasteiger partial charge in [-0.05, 0) is 54.9 Å². The van der Waals surface area contributed by atoms with Crippen LogP contribution in [0.5, 0.6) is 5.75 Å². The molecule has 1 fully saturated rings. The van der Waals surface area contributed by atoms with Gasteiger partial charge in [-0.2, -0.15) is 0 Å². The highest BCUT2D eigenvalue weighted by molar-refractivity contribution is 5.84. The van der Waals surface area contributed by atoms with Crippen molar-refractivity contribution in [1.29, 1.82) is 0 Å². The molecule has 0 saturated heterocycles. The van der Waals surface area contributed by atoms with E-state index in [4.69, 9.17) is 0 Å². The molecule has 3 rings (SSSR count). The maximum absolute atomic E-state index is 11.8. The third-order valence-corrected chi connectivity index (χ3v) is 5.05. The van der Waals surface area contributed by atoms with Gasteiger partial charge in [0.15, 0.2) is 5.78 Å². The summed E-state index contributed by atoms with van der Waals surface area (Å²) in [6, 6.07) is 5.48. The molecule has 2 aliphatic rings. The molecular weight excluding hydrogens is 252 g/mol. The van der Waals surface area contributed by atoms with E-state index in [1.165, 1.54) is 5.56 Å². The van der Waals surface area contributed by atoms with E-state index in [0.29, 0.717) is 12.8 Å². The van der Waals surface area contributed by atoms with Gasteiger partial charge >= 0.3 is 0 Å². The van der Waals surface area contributed by atoms with Crippen LogP contribution in [0.4, 0.5) is 0 Å². The second-order valence-corrected chi connectivity index (χ2v) is 6.12. The number of fused-ring (bicyclic) bond motifs is 3. The zero-order valence-electron chi connectivity index (χ0n) is 11.5. The maximum Gasteiger partial charge on any atom is 0.161 e. The summed E-state index contributed by atoms with van der Waals surface area (Å²) >= 11 is 0. The normalized spacial score (nSPS) is 32.4. The van der Waals surface area contributed by atoms with Gasteiger partial charge in [-0.15, -0.1) is 6.58 Å². The van der Waals surface area contributed by atoms with Crippen LogP contribution in [0.15, 0.2) is 30.9 Å². The van der Waals surface area contributed by atoms with Gasteiger partial charge < -0.3 is 10.2 Å². The zero-order valence-corrected chi connectivity index (χ0v) is 11.5. The first-order chi connectivity index (χ1) is 9.56. The van der Waals surface area contributed by atoms with Crippen LogP contribution in [0.25, 0.3) is 0 Å². The van der Waals surface area contributed by atoms with Crippen LogP contribution in [0.3, 0.4) is 0 Å². The highest BCUT2D eigenvalue weighted by Gasteiger charge is 2.49. The van der Waals surface area contributed by atoms with Gasteiger partial charge in [0.1, 0.15) is 11.9 Å². The number of hydrogen-bond donors (Lipinski definition) is 2. The van der Waals surface area contributed by atoms with Gasteiger partial charge in [0.05, 0.1) is 0 Å². The summed E-state index contributed by atoms with van der Waals surface area (Å²) in [5.74, 6) is 0.522. The number of Topliss-reactive ketones (excluding diaryl/α,β-unsaturated/α-hetero) is 1. The first kappa shape index (κ1) is 13.4. The Bertz CT molecular complexity index is 563. The topological polar surface area (TPSA) is 57.5 Å². The van der Waals surface area contributed by atoms with Crippen molar-refractivity contribution in [3.63, 3.8) is 0 Å². The molecule has 3 unspecified atom stereocenters. The van der Waals surface area contributed by atoms with Crippen molar-refractivity contribution in [2.24, 2.45) is 5.92 Å². The van der Waals surface area contributed by atoms with Crippen molar-refractivity contribution in [3.05, 3.63) is 42.0 Å². The number of phenols is 1. The molecule has 0 radical (unpaired) electrons. The Labute approximate surface area is 118 Å². The lowest BCUT2D eigenvalue weighted by Crippen LogP contribution is -2.49. The number of ketones is 1. The molecule has 0 aromatic heterocycles. The monoisotopic (exact) mass is 272 g/mol. The third-order valence-electron chi connectivity index (χ3n) is 5.05. The summed E-state index contributed by atoms with van der Waals surface area (Å²) in [4.78, 5) is 11.8. The van der Waals surface area contributed by atoms with E-state index in [1.54, 1.807) is 6.07 Å². The van der Waals surface area contributed by atoms with E-state index in [2.05, 4.69) is 6.58 Å². The van der Waals surface area contributed by atoms with Crippen LogP contribution in [0, 0.1) is 5.92 Å². The van der Waals surface area contributed by atoms with Crippen LogP contribution < -0.4 is 0 Å². The quantitative estimate of drug-likeness (QED) is 0.813. The Morgan fingerprint density at radius 2 is 2.25 bits per heavy atom. The van der Waals surface area contributed by atoms with Crippen LogP contribution in [-0.4, -0.2) is 22.1 Å². The zero-order chi connectivity index (χ0) is 14.3. The molecule has 106 valence electrons. The number of rotatable bonds is 2. The third kappa shape index (κ3) is 1.88. The lowest BCUT2D eigenvalue weighted by molar-refractivity contribution is -0.134. The molecule has 20 heavy (non-hydrogen) atoms. The number of aliphatic hydroxyl groups is 1. The molecular formula is C17H20O3. The van der Waals surface area contributed by atoms with E-state index in [0.717, 1.165) is 24.8 Å². The first-order valence-electron chi connectivity index (χ1n) is 7.21. The first-order valence-corrected chi connectivity index (χ1v) is 7.21. The molecule has 2 N–H and O–H groups in total. The predicted octanol–water partition coefficient (Wildman–Crippen LogP) is 2.49. The summed E-state index contributed by atoms with van der Waals surface area (Å²) in [5.41, 5.74) is 2.12. The maximum atomic E-state index is 11.8. The number of carbonyl (C=O) groups is 1. The lowest BCUT2D eigenvalue weighted by atomic mass is 9.55. The number of carbonyl (C=O) groups excluding carboxylic acids is 1. The number of phenolic OH excluding ortho intramolecular Hbond substituents is 1. The number of aliphatic hydroxyl groups excluding tert-OH is 1. The summed E-state index contributed by atoms with van der Waals surface area (Å²) in [7, 11) is 0. The van der Waals surface area contributed by atoms with Gasteiger partial charge in [-0.3, -0.25) is 4.79 Å². The second-order valence-electron chi connectivity index (χ2n) is 6.12. The Hall–Kier alpha value is -1.61. The second kappa shape index (κ2) is 4.74. The molecule has 0 aliphatic heterocycles. The molecule has 1 saturated carbocycles. The fraction of sp³-hybridized carbons (Fsp3) is 0.471. The van der Waals surface area contributed by atoms with Gasteiger partial charge in [0, 0.05) is 11.8 Å². The molecule has 3 nitrogen and oxygen atoms in total. The van der Waals surface area contributed by atoms with Crippen LogP contribution >= 0.6 is 0 Å². The van der Waals surface area contributed by atoms with Gasteiger partial charge in [0.2, 0.25) is 0 Å². The van der Waals surface area contributed by atoms with Crippen LogP contribution in [0.1, 0.15) is 36.8 Å². The number of aryl methyl sites for hydroxylation is 1. The van der Waals surface area contributed by atoms with Crippen molar-refractivity contribution in [3.8, 4) is 5.75 Å². The van der Waals surface area contributed by atoms with E-state index in [1.807, 2.05) is 18.2 Å². The smallest absolute Gasteiger partial charge is 0.161 e. The molecule has 0 heterocycles. The van der Waals surface area contributed by atoms with Crippen molar-refractivity contribution < 1.29 is 15.0 Å². The summed E-state index contributed by atoms with van der Waals surface area (Å²) in [6.45, 7) is 3.86. The van der Waals surface area contributed by atoms with Gasteiger partial charge in [-0.1, -0.05) is 12.1 Å². The van der Waals surface area contributed by atoms with Gasteiger partial charge in [-0.25, -0.2) is 0 Å². The molecule has 3 atom stereocenters. The Morgan fingerprint density at radius 3 is 3.00 bits per heavy atom. The van der Waals surface area contributed by atoms with Crippen molar-refractivity contribution >= 4 is 5.78 Å². The van der Waals surface area contributed by atoms with E-state index in [-0.39, 0.29) is 22.9 Å². The average molecular weight is 272 g/mol. The Kier molecular flexibility index (Phi) is 3.17. The molecule has 1 aromatic carbocycles. The minimum absolute atomic E-state index is 0.0306. The Balaban J connectivity index is 2.12. The molecule has 2 aliphatic carbocycles. The molecule has 0 amide bonds. The SMILES string of the molecule is C=CCC12CC(O)C(=O)CC1CCc1cc(O)ccc12. The highest BCUT2D eigenvalue weighted by atomic mass is 16.3. The Morgan fingerprint density at radius 1 is 1.45 bits per heavy atom. The molecule has 1 aromatic rings. The van der Waals surface area contributed by atoms with E-state index >= 15 is 0 Å². The minimum Gasteiger partial charge on any atom is -0.508 e. The fourth-order valence-corrected chi connectivity index (χ4v) is 4.13. The van der Waals surface area contributed by atoms with Crippen molar-refractivity contribution in [1.82, 2.24) is 0 Å². The van der Waals surface area contributed by atoms with Gasteiger partial charge in [0.25, 0.3) is 0 Å². The predicted molar refractivity (Wildman–Crippen MR) is 76.7 cm³/mol. The largest absolute Gasteiger partial charge is 0.508 e. The number of hydrogen-bond acceptors (Lipinski definition) is 3. The van der Waals surface area contributed by atoms with Crippen molar-refractivity contribution in [2.75, 3.05) is 0 Å². The number of benzene rings is 1. The fourth-order valence-electron chi connectivity index (χ4n) is 4.13. The molecule has 0 bridgehead atoms. The number of aromatic hydroxyl groups is 1. The van der Waals surface area contributed by atoms with Crippen LogP contribution in [-0.2, 0) is 16.6 Å².